The van der Waals surface area contributed by atoms with Gasteiger partial charge >= 0.3 is 0 Å². The van der Waals surface area contributed by atoms with Crippen molar-refractivity contribution in [2.75, 3.05) is 6.79 Å². The number of amides is 1. The summed E-state index contributed by atoms with van der Waals surface area (Å²) in [4.78, 5) is 33.7. The lowest BCUT2D eigenvalue weighted by Gasteiger charge is -2.15. The highest BCUT2D eigenvalue weighted by Crippen LogP contribution is 2.37. The van der Waals surface area contributed by atoms with Crippen molar-refractivity contribution in [3.8, 4) is 23.1 Å². The Balaban J connectivity index is 1.40. The second-order valence-corrected chi connectivity index (χ2v) is 11.0. The highest BCUT2D eigenvalue weighted by molar-refractivity contribution is 8.26. The van der Waals surface area contributed by atoms with Crippen LogP contribution in [0.4, 0.5) is 0 Å². The molecule has 0 atom stereocenters. The Labute approximate surface area is 233 Å². The fraction of sp³-hybridized carbons (Fsp3) is 0.172. The number of fused-ring (bicyclic) bond motifs is 2. The number of ether oxygens (including phenoxy) is 3. The second kappa shape index (κ2) is 9.87. The van der Waals surface area contributed by atoms with Gasteiger partial charge in [0.1, 0.15) is 21.3 Å². The molecule has 196 valence electrons. The molecule has 0 aliphatic carbocycles. The first kappa shape index (κ1) is 25.1. The summed E-state index contributed by atoms with van der Waals surface area (Å²) in [6, 6.07) is 15.0. The average Bonchev–Trinajstić information content (AvgIpc) is 3.48. The van der Waals surface area contributed by atoms with E-state index in [2.05, 4.69) is 0 Å². The van der Waals surface area contributed by atoms with Gasteiger partial charge in [-0.15, -0.1) is 0 Å². The summed E-state index contributed by atoms with van der Waals surface area (Å²) in [6.45, 7) is 6.24. The fourth-order valence-electron chi connectivity index (χ4n) is 4.50. The maximum atomic E-state index is 13.7. The zero-order chi connectivity index (χ0) is 27.3. The van der Waals surface area contributed by atoms with Crippen LogP contribution < -0.4 is 19.8 Å². The predicted molar refractivity (Wildman–Crippen MR) is 153 cm³/mol. The van der Waals surface area contributed by atoms with Crippen molar-refractivity contribution in [3.63, 3.8) is 0 Å². The van der Waals surface area contributed by atoms with Crippen LogP contribution in [0.1, 0.15) is 27.8 Å². The third kappa shape index (κ3) is 4.66. The van der Waals surface area contributed by atoms with E-state index >= 15 is 0 Å². The van der Waals surface area contributed by atoms with E-state index in [1.54, 1.807) is 12.3 Å². The van der Waals surface area contributed by atoms with Crippen LogP contribution in [0.2, 0.25) is 0 Å². The molecule has 1 fully saturated rings. The Morgan fingerprint density at radius 1 is 1.05 bits per heavy atom. The smallest absolute Gasteiger partial charge is 0.269 e. The molecule has 1 amide bonds. The monoisotopic (exact) mass is 557 g/mol. The van der Waals surface area contributed by atoms with Gasteiger partial charge < -0.3 is 14.2 Å². The third-order valence-corrected chi connectivity index (χ3v) is 7.89. The molecule has 2 aromatic carbocycles. The number of hydrogen-bond acceptors (Lipinski definition) is 8. The highest BCUT2D eigenvalue weighted by Gasteiger charge is 2.33. The van der Waals surface area contributed by atoms with Crippen LogP contribution in [0.15, 0.2) is 64.4 Å². The van der Waals surface area contributed by atoms with E-state index in [1.165, 1.54) is 15.4 Å². The van der Waals surface area contributed by atoms with Gasteiger partial charge in [0.2, 0.25) is 12.7 Å². The third-order valence-electron chi connectivity index (χ3n) is 6.51. The Morgan fingerprint density at radius 3 is 2.69 bits per heavy atom. The van der Waals surface area contributed by atoms with Crippen LogP contribution in [-0.4, -0.2) is 31.3 Å². The fourth-order valence-corrected chi connectivity index (χ4v) is 5.74. The van der Waals surface area contributed by atoms with E-state index in [-0.39, 0.29) is 36.2 Å². The summed E-state index contributed by atoms with van der Waals surface area (Å²) in [5.74, 6) is 1.71. The molecule has 1 saturated heterocycles. The van der Waals surface area contributed by atoms with E-state index < -0.39 is 0 Å². The molecule has 0 N–H and O–H groups in total. The summed E-state index contributed by atoms with van der Waals surface area (Å²) in [5.41, 5.74) is 3.97. The predicted octanol–water partition coefficient (Wildman–Crippen LogP) is 5.54. The Kier molecular flexibility index (Phi) is 6.36. The quantitative estimate of drug-likeness (QED) is 0.234. The Morgan fingerprint density at radius 2 is 1.87 bits per heavy atom. The molecule has 0 radical (unpaired) electrons. The normalized spacial score (nSPS) is 15.6. The van der Waals surface area contributed by atoms with Crippen LogP contribution in [0.5, 0.6) is 23.1 Å². The van der Waals surface area contributed by atoms with Gasteiger partial charge in [-0.25, -0.2) is 0 Å². The van der Waals surface area contributed by atoms with E-state index in [0.29, 0.717) is 32.1 Å². The van der Waals surface area contributed by atoms with Crippen LogP contribution in [0.25, 0.3) is 11.7 Å². The SMILES string of the molecule is Cc1ccc(Oc2nc3c(C)cccn3c(=O)c2/C=C2/SC(=S)N(Cc3ccc4c(c3)OCO4)C2=O)c(C)c1. The molecule has 0 saturated carbocycles. The highest BCUT2D eigenvalue weighted by atomic mass is 32.2. The van der Waals surface area contributed by atoms with Gasteiger partial charge in [-0.2, -0.15) is 4.98 Å². The lowest BCUT2D eigenvalue weighted by molar-refractivity contribution is -0.122. The molecule has 2 aromatic heterocycles. The van der Waals surface area contributed by atoms with Crippen LogP contribution in [-0.2, 0) is 11.3 Å². The van der Waals surface area contributed by atoms with Gasteiger partial charge in [0.05, 0.1) is 11.4 Å². The van der Waals surface area contributed by atoms with Gasteiger partial charge in [0, 0.05) is 6.20 Å². The zero-order valence-electron chi connectivity index (χ0n) is 21.4. The minimum absolute atomic E-state index is 0.127. The molecule has 0 bridgehead atoms. The largest absolute Gasteiger partial charge is 0.454 e. The summed E-state index contributed by atoms with van der Waals surface area (Å²) in [7, 11) is 0. The number of thioether (sulfide) groups is 1. The standard InChI is InChI=1S/C29H23N3O5S2/c1-16-6-8-21(18(3)11-16)37-26-20(27(33)31-10-4-5-17(2)25(31)30-26)13-24-28(34)32(29(38)39-24)14-19-7-9-22-23(12-19)36-15-35-22/h4-13H,14-15H2,1-3H3/b24-13+. The van der Waals surface area contributed by atoms with Crippen molar-refractivity contribution in [3.05, 3.63) is 97.8 Å². The molecule has 0 unspecified atom stereocenters. The summed E-state index contributed by atoms with van der Waals surface area (Å²) < 4.78 is 18.9. The first-order valence-corrected chi connectivity index (χ1v) is 13.4. The maximum Gasteiger partial charge on any atom is 0.269 e. The summed E-state index contributed by atoms with van der Waals surface area (Å²) in [6.07, 6.45) is 3.18. The molecule has 6 rings (SSSR count). The van der Waals surface area contributed by atoms with Crippen molar-refractivity contribution >= 4 is 45.9 Å². The maximum absolute atomic E-state index is 13.7. The minimum atomic E-state index is -0.343. The van der Waals surface area contributed by atoms with Crippen molar-refractivity contribution < 1.29 is 19.0 Å². The zero-order valence-corrected chi connectivity index (χ0v) is 23.0. The van der Waals surface area contributed by atoms with Crippen molar-refractivity contribution in [2.24, 2.45) is 0 Å². The van der Waals surface area contributed by atoms with Gasteiger partial charge in [-0.1, -0.05) is 53.8 Å². The number of carbonyl (C=O) groups excluding carboxylic acids is 1. The number of thiocarbonyl (C=S) groups is 1. The van der Waals surface area contributed by atoms with Crippen molar-refractivity contribution in [1.82, 2.24) is 14.3 Å². The number of benzene rings is 2. The molecule has 4 heterocycles. The number of nitrogens with zero attached hydrogens (tertiary/aromatic N) is 3. The van der Waals surface area contributed by atoms with Crippen LogP contribution in [0, 0.1) is 20.8 Å². The molecule has 2 aliphatic rings. The molecule has 39 heavy (non-hydrogen) atoms. The van der Waals surface area contributed by atoms with Crippen molar-refractivity contribution in [2.45, 2.75) is 27.3 Å². The van der Waals surface area contributed by atoms with E-state index in [4.69, 9.17) is 31.4 Å². The van der Waals surface area contributed by atoms with E-state index in [1.807, 2.05) is 63.2 Å². The van der Waals surface area contributed by atoms with Gasteiger partial charge in [0.15, 0.2) is 11.5 Å². The second-order valence-electron chi connectivity index (χ2n) is 9.35. The van der Waals surface area contributed by atoms with Gasteiger partial charge in [-0.05, 0) is 67.8 Å². The molecule has 8 nitrogen and oxygen atoms in total. The molecular formula is C29H23N3O5S2. The Bertz CT molecular complexity index is 1780. The van der Waals surface area contributed by atoms with E-state index in [9.17, 15) is 9.59 Å². The molecule has 0 spiro atoms. The molecule has 10 heteroatoms. The topological polar surface area (TPSA) is 82.4 Å². The average molecular weight is 558 g/mol. The van der Waals surface area contributed by atoms with Crippen LogP contribution in [0.3, 0.4) is 0 Å². The lowest BCUT2D eigenvalue weighted by Crippen LogP contribution is -2.27. The first-order chi connectivity index (χ1) is 18.8. The molecule has 2 aliphatic heterocycles. The number of pyridine rings is 1. The van der Waals surface area contributed by atoms with Gasteiger partial charge in [0.25, 0.3) is 11.5 Å². The summed E-state index contributed by atoms with van der Waals surface area (Å²) in [5, 5.41) is 0. The minimum Gasteiger partial charge on any atom is -0.454 e. The molecule has 4 aromatic rings. The number of rotatable bonds is 5. The van der Waals surface area contributed by atoms with Crippen LogP contribution >= 0.6 is 24.0 Å². The number of carbonyl (C=O) groups is 1. The number of aryl methyl sites for hydroxylation is 3. The first-order valence-electron chi connectivity index (χ1n) is 12.2. The van der Waals surface area contributed by atoms with E-state index in [0.717, 1.165) is 34.0 Å². The molecular weight excluding hydrogens is 534 g/mol. The number of hydrogen-bond donors (Lipinski definition) is 0. The number of aromatic nitrogens is 2. The van der Waals surface area contributed by atoms with Gasteiger partial charge in [-0.3, -0.25) is 18.9 Å². The summed E-state index contributed by atoms with van der Waals surface area (Å²) >= 11 is 6.68. The van der Waals surface area contributed by atoms with Crippen molar-refractivity contribution in [1.29, 1.82) is 0 Å². The Hall–Kier alpha value is -4.15. The lowest BCUT2D eigenvalue weighted by atomic mass is 10.1.